The molecule has 2 saturated heterocycles. The van der Waals surface area contributed by atoms with Gasteiger partial charge in [0.15, 0.2) is 0 Å². The van der Waals surface area contributed by atoms with Gasteiger partial charge in [0.1, 0.15) is 10.5 Å². The van der Waals surface area contributed by atoms with Gasteiger partial charge in [-0.15, -0.1) is 23.7 Å². The first-order chi connectivity index (χ1) is 9.79. The van der Waals surface area contributed by atoms with Gasteiger partial charge in [0.25, 0.3) is 5.56 Å². The molecule has 0 amide bonds. The second kappa shape index (κ2) is 6.04. The van der Waals surface area contributed by atoms with E-state index in [0.717, 1.165) is 54.1 Å². The summed E-state index contributed by atoms with van der Waals surface area (Å²) in [6.07, 6.45) is 1.25. The predicted molar refractivity (Wildman–Crippen MR) is 87.2 cm³/mol. The van der Waals surface area contributed by atoms with Gasteiger partial charge in [-0.25, -0.2) is 4.98 Å². The Morgan fingerprint density at radius 3 is 3.14 bits per heavy atom. The van der Waals surface area contributed by atoms with E-state index in [1.54, 1.807) is 0 Å². The molecule has 2 unspecified atom stereocenters. The quantitative estimate of drug-likeness (QED) is 0.877. The van der Waals surface area contributed by atoms with E-state index in [1.165, 1.54) is 24.3 Å². The Kier molecular flexibility index (Phi) is 4.31. The van der Waals surface area contributed by atoms with Crippen LogP contribution in [0.15, 0.2) is 16.2 Å². The number of hydrogen-bond donors (Lipinski definition) is 2. The van der Waals surface area contributed by atoms with E-state index < -0.39 is 0 Å². The van der Waals surface area contributed by atoms with Crippen molar-refractivity contribution in [3.63, 3.8) is 0 Å². The maximum atomic E-state index is 12.0. The fourth-order valence-corrected chi connectivity index (χ4v) is 4.19. The number of rotatable bonds is 2. The third-order valence-electron chi connectivity index (χ3n) is 4.53. The number of nitrogens with one attached hydrogen (secondary N) is 2. The molecule has 4 rings (SSSR count). The summed E-state index contributed by atoms with van der Waals surface area (Å²) in [6.45, 7) is 5.28. The molecular weight excluding hydrogens is 308 g/mol. The first kappa shape index (κ1) is 15.0. The Hall–Kier alpha value is -0.950. The monoisotopic (exact) mass is 326 g/mol. The third-order valence-corrected chi connectivity index (χ3v) is 5.43. The number of aromatic amines is 1. The number of piperidine rings is 1. The Bertz CT molecular complexity index is 685. The molecule has 4 heterocycles. The van der Waals surface area contributed by atoms with Gasteiger partial charge in [0.05, 0.1) is 12.1 Å². The lowest BCUT2D eigenvalue weighted by atomic mass is 9.89. The molecular formula is C14H19ClN4OS. The van der Waals surface area contributed by atoms with E-state index in [-0.39, 0.29) is 18.0 Å². The topological polar surface area (TPSA) is 61.0 Å². The zero-order valence-corrected chi connectivity index (χ0v) is 13.3. The number of aromatic nitrogens is 2. The second-order valence-corrected chi connectivity index (χ2v) is 6.77. The van der Waals surface area contributed by atoms with Crippen LogP contribution in [-0.4, -0.2) is 41.0 Å². The second-order valence-electron chi connectivity index (χ2n) is 5.85. The van der Waals surface area contributed by atoms with Crippen LogP contribution < -0.4 is 10.9 Å². The number of fused-ring (bicyclic) bond motifs is 2. The largest absolute Gasteiger partial charge is 0.316 e. The molecule has 2 aromatic heterocycles. The van der Waals surface area contributed by atoms with Gasteiger partial charge in [-0.05, 0) is 49.3 Å². The van der Waals surface area contributed by atoms with Crippen molar-refractivity contribution in [3.05, 3.63) is 27.6 Å². The minimum atomic E-state index is -0.00239. The van der Waals surface area contributed by atoms with Gasteiger partial charge in [-0.3, -0.25) is 9.69 Å². The van der Waals surface area contributed by atoms with Crippen molar-refractivity contribution in [3.8, 4) is 0 Å². The van der Waals surface area contributed by atoms with Crippen molar-refractivity contribution < 1.29 is 0 Å². The highest BCUT2D eigenvalue weighted by molar-refractivity contribution is 7.17. The van der Waals surface area contributed by atoms with Gasteiger partial charge >= 0.3 is 0 Å². The Labute approximate surface area is 133 Å². The summed E-state index contributed by atoms with van der Waals surface area (Å²) >= 11 is 1.45. The average Bonchev–Trinajstić information content (AvgIpc) is 3.06. The molecule has 0 aromatic carbocycles. The summed E-state index contributed by atoms with van der Waals surface area (Å²) in [5, 5.41) is 5.40. The number of likely N-dealkylation sites (tertiary alicyclic amines) is 1. The van der Waals surface area contributed by atoms with Crippen LogP contribution in [0, 0.1) is 11.8 Å². The smallest absolute Gasteiger partial charge is 0.268 e. The van der Waals surface area contributed by atoms with Crippen molar-refractivity contribution in [2.75, 3.05) is 26.2 Å². The maximum absolute atomic E-state index is 12.0. The molecule has 0 bridgehead atoms. The van der Waals surface area contributed by atoms with E-state index >= 15 is 0 Å². The van der Waals surface area contributed by atoms with Gasteiger partial charge in [-0.1, -0.05) is 0 Å². The standard InChI is InChI=1S/C14H18N4OS.ClH/c19-14-13-11(2-4-20-13)16-12(17-14)8-18-3-1-9-5-15-6-10(9)7-18;/h2,4,9-10,15H,1,3,5-8H2,(H,16,17,19);1H. The summed E-state index contributed by atoms with van der Waals surface area (Å²) in [5.41, 5.74) is 0.823. The van der Waals surface area contributed by atoms with Crippen LogP contribution in [0.25, 0.3) is 10.2 Å². The van der Waals surface area contributed by atoms with Crippen LogP contribution in [0.5, 0.6) is 0 Å². The van der Waals surface area contributed by atoms with Gasteiger partial charge in [0.2, 0.25) is 0 Å². The van der Waals surface area contributed by atoms with Crippen LogP contribution >= 0.6 is 23.7 Å². The van der Waals surface area contributed by atoms with Crippen LogP contribution in [0.4, 0.5) is 0 Å². The number of thiophene rings is 1. The molecule has 2 N–H and O–H groups in total. The number of nitrogens with zero attached hydrogens (tertiary/aromatic N) is 2. The van der Waals surface area contributed by atoms with Crippen molar-refractivity contribution in [2.45, 2.75) is 13.0 Å². The molecule has 2 atom stereocenters. The molecule has 0 aliphatic carbocycles. The van der Waals surface area contributed by atoms with Gasteiger partial charge in [-0.2, -0.15) is 0 Å². The number of H-pyrrole nitrogens is 1. The molecule has 5 nitrogen and oxygen atoms in total. The van der Waals surface area contributed by atoms with E-state index in [4.69, 9.17) is 0 Å². The van der Waals surface area contributed by atoms with Gasteiger partial charge in [0, 0.05) is 6.54 Å². The molecule has 2 aliphatic heterocycles. The van der Waals surface area contributed by atoms with E-state index in [1.807, 2.05) is 11.4 Å². The van der Waals surface area contributed by atoms with E-state index in [0.29, 0.717) is 0 Å². The highest BCUT2D eigenvalue weighted by Crippen LogP contribution is 2.27. The van der Waals surface area contributed by atoms with Crippen molar-refractivity contribution in [2.24, 2.45) is 11.8 Å². The van der Waals surface area contributed by atoms with Crippen molar-refractivity contribution in [1.29, 1.82) is 0 Å². The molecule has 0 radical (unpaired) electrons. The highest BCUT2D eigenvalue weighted by atomic mass is 35.5. The van der Waals surface area contributed by atoms with Crippen molar-refractivity contribution in [1.82, 2.24) is 20.2 Å². The molecule has 0 saturated carbocycles. The minimum absolute atomic E-state index is 0. The summed E-state index contributed by atoms with van der Waals surface area (Å²) in [5.74, 6) is 2.41. The molecule has 2 aromatic rings. The zero-order chi connectivity index (χ0) is 13.5. The van der Waals surface area contributed by atoms with Crippen LogP contribution in [0.1, 0.15) is 12.2 Å². The summed E-state index contributed by atoms with van der Waals surface area (Å²) in [7, 11) is 0. The summed E-state index contributed by atoms with van der Waals surface area (Å²) in [6, 6.07) is 1.92. The first-order valence-electron chi connectivity index (χ1n) is 7.19. The van der Waals surface area contributed by atoms with Crippen LogP contribution in [0.3, 0.4) is 0 Å². The molecule has 2 aliphatic rings. The highest BCUT2D eigenvalue weighted by Gasteiger charge is 2.32. The summed E-state index contributed by atoms with van der Waals surface area (Å²) in [4.78, 5) is 21.9. The normalized spacial score (nSPS) is 25.7. The minimum Gasteiger partial charge on any atom is -0.316 e. The average molecular weight is 327 g/mol. The molecule has 21 heavy (non-hydrogen) atoms. The van der Waals surface area contributed by atoms with Crippen molar-refractivity contribution >= 4 is 34.0 Å². The fourth-order valence-electron chi connectivity index (χ4n) is 3.46. The molecule has 114 valence electrons. The lowest BCUT2D eigenvalue weighted by molar-refractivity contribution is 0.139. The predicted octanol–water partition coefficient (Wildman–Crippen LogP) is 1.45. The van der Waals surface area contributed by atoms with Crippen LogP contribution in [-0.2, 0) is 6.54 Å². The first-order valence-corrected chi connectivity index (χ1v) is 8.07. The van der Waals surface area contributed by atoms with Crippen LogP contribution in [0.2, 0.25) is 0 Å². The molecule has 0 spiro atoms. The van der Waals surface area contributed by atoms with E-state index in [9.17, 15) is 4.79 Å². The fraction of sp³-hybridized carbons (Fsp3) is 0.571. The lowest BCUT2D eigenvalue weighted by Crippen LogP contribution is -2.40. The Morgan fingerprint density at radius 1 is 1.38 bits per heavy atom. The zero-order valence-electron chi connectivity index (χ0n) is 11.7. The maximum Gasteiger partial charge on any atom is 0.268 e. The number of halogens is 1. The molecule has 7 heteroatoms. The summed E-state index contributed by atoms with van der Waals surface area (Å²) < 4.78 is 0.729. The Morgan fingerprint density at radius 2 is 2.24 bits per heavy atom. The molecule has 2 fully saturated rings. The SMILES string of the molecule is Cl.O=c1[nH]c(CN2CCC3CNCC3C2)nc2ccsc12. The van der Waals surface area contributed by atoms with Gasteiger partial charge < -0.3 is 10.3 Å². The Balaban J connectivity index is 0.00000132. The van der Waals surface area contributed by atoms with E-state index in [2.05, 4.69) is 20.2 Å². The number of hydrogen-bond acceptors (Lipinski definition) is 5. The third kappa shape index (κ3) is 2.85. The lowest BCUT2D eigenvalue weighted by Gasteiger charge is -2.33.